The number of hydrogen-bond donors (Lipinski definition) is 0. The van der Waals surface area contributed by atoms with Gasteiger partial charge in [0.1, 0.15) is 0 Å². The van der Waals surface area contributed by atoms with Crippen LogP contribution in [0.2, 0.25) is 0 Å². The third kappa shape index (κ3) is 2.52. The fraction of sp³-hybridized carbons (Fsp3) is 0.933. The number of allylic oxidation sites excluding steroid dienone is 2. The molecule has 5 rings (SSSR count). The van der Waals surface area contributed by atoms with Gasteiger partial charge in [-0.2, -0.15) is 0 Å². The van der Waals surface area contributed by atoms with Gasteiger partial charge in [-0.1, -0.05) is 60.1 Å². The van der Waals surface area contributed by atoms with E-state index in [0.29, 0.717) is 32.5 Å². The molecule has 0 aliphatic heterocycles. The number of rotatable bonds is 0. The SMILES string of the molecule is CC1=CCCC2[C@@]3(C)CC[C@@]4(C)C5CC(C)(C)CC[C@]5(C)CC[C@]4(C)C3CC[C@]12C. The molecule has 0 radical (unpaired) electrons. The Morgan fingerprint density at radius 2 is 1.30 bits per heavy atom. The lowest BCUT2D eigenvalue weighted by Gasteiger charge is -2.74. The molecule has 0 nitrogen and oxygen atoms in total. The second-order valence-corrected chi connectivity index (χ2v) is 14.9. The zero-order valence-corrected chi connectivity index (χ0v) is 21.6. The summed E-state index contributed by atoms with van der Waals surface area (Å²) in [7, 11) is 0. The van der Waals surface area contributed by atoms with Gasteiger partial charge >= 0.3 is 0 Å². The molecule has 8 atom stereocenters. The molecule has 4 fully saturated rings. The van der Waals surface area contributed by atoms with Crippen LogP contribution in [0, 0.1) is 50.2 Å². The van der Waals surface area contributed by atoms with E-state index in [1.54, 1.807) is 5.57 Å². The molecule has 0 aromatic carbocycles. The van der Waals surface area contributed by atoms with E-state index in [1.807, 2.05) is 0 Å². The molecule has 0 heteroatoms. The van der Waals surface area contributed by atoms with E-state index >= 15 is 0 Å². The topological polar surface area (TPSA) is 0 Å². The molecule has 0 saturated heterocycles. The van der Waals surface area contributed by atoms with E-state index in [9.17, 15) is 0 Å². The molecule has 4 saturated carbocycles. The lowest BCUT2D eigenvalue weighted by atomic mass is 9.30. The van der Waals surface area contributed by atoms with Crippen LogP contribution in [0.1, 0.15) is 126 Å². The van der Waals surface area contributed by atoms with Gasteiger partial charge in [0.25, 0.3) is 0 Å². The maximum atomic E-state index is 2.80. The van der Waals surface area contributed by atoms with Crippen molar-refractivity contribution in [3.8, 4) is 0 Å². The van der Waals surface area contributed by atoms with E-state index < -0.39 is 0 Å². The quantitative estimate of drug-likeness (QED) is 0.349. The maximum absolute atomic E-state index is 2.80. The molecule has 5 aliphatic carbocycles. The predicted octanol–water partition coefficient (Wildman–Crippen LogP) is 9.20. The summed E-state index contributed by atoms with van der Waals surface area (Å²) < 4.78 is 0. The fourth-order valence-corrected chi connectivity index (χ4v) is 10.9. The molecule has 3 unspecified atom stereocenters. The van der Waals surface area contributed by atoms with Crippen molar-refractivity contribution in [3.63, 3.8) is 0 Å². The van der Waals surface area contributed by atoms with Crippen molar-refractivity contribution in [3.05, 3.63) is 11.6 Å². The lowest BCUT2D eigenvalue weighted by Crippen LogP contribution is -2.66. The second kappa shape index (κ2) is 6.20. The van der Waals surface area contributed by atoms with Crippen LogP contribution in [-0.4, -0.2) is 0 Å². The van der Waals surface area contributed by atoms with Gasteiger partial charge < -0.3 is 0 Å². The Labute approximate surface area is 188 Å². The van der Waals surface area contributed by atoms with Crippen LogP contribution in [0.25, 0.3) is 0 Å². The standard InChI is InChI=1S/C30H50/c1-21-10-9-11-22-27(21,5)13-12-23-28(22,6)17-19-30(8)24-20-25(2,3)14-15-26(24,4)16-18-29(23,30)7/h10,22-24H,9,11-20H2,1-8H3/t22?,23?,24?,26-,27-,28-,29-,30+/m1/s1. The van der Waals surface area contributed by atoms with Crippen LogP contribution in [0.15, 0.2) is 11.6 Å². The summed E-state index contributed by atoms with van der Waals surface area (Å²) in [4.78, 5) is 0. The molecule has 0 heterocycles. The average Bonchev–Trinajstić information content (AvgIpc) is 2.67. The first-order valence-corrected chi connectivity index (χ1v) is 13.5. The zero-order valence-electron chi connectivity index (χ0n) is 21.6. The zero-order chi connectivity index (χ0) is 21.8. The van der Waals surface area contributed by atoms with Gasteiger partial charge in [-0.25, -0.2) is 0 Å². The van der Waals surface area contributed by atoms with Gasteiger partial charge in [0, 0.05) is 0 Å². The molecule has 0 aromatic rings. The molecule has 5 aliphatic rings. The lowest BCUT2D eigenvalue weighted by molar-refractivity contribution is -0.248. The molecule has 170 valence electrons. The fourth-order valence-electron chi connectivity index (χ4n) is 10.9. The van der Waals surface area contributed by atoms with Gasteiger partial charge in [-0.3, -0.25) is 0 Å². The second-order valence-electron chi connectivity index (χ2n) is 14.9. The van der Waals surface area contributed by atoms with Gasteiger partial charge in [0.2, 0.25) is 0 Å². The Morgan fingerprint density at radius 1 is 0.667 bits per heavy atom. The third-order valence-electron chi connectivity index (χ3n) is 13.3. The first kappa shape index (κ1) is 21.6. The largest absolute Gasteiger partial charge is 0.0850 e. The Hall–Kier alpha value is -0.260. The van der Waals surface area contributed by atoms with Gasteiger partial charge in [-0.15, -0.1) is 0 Å². The Balaban J connectivity index is 1.56. The molecule has 30 heavy (non-hydrogen) atoms. The van der Waals surface area contributed by atoms with Crippen LogP contribution in [0.5, 0.6) is 0 Å². The smallest absolute Gasteiger partial charge is 0.00854 e. The molecular formula is C30H50. The van der Waals surface area contributed by atoms with E-state index in [-0.39, 0.29) is 0 Å². The summed E-state index contributed by atoms with van der Waals surface area (Å²) in [5.41, 5.74) is 4.97. The molecule has 0 N–H and O–H groups in total. The third-order valence-corrected chi connectivity index (χ3v) is 13.3. The summed E-state index contributed by atoms with van der Waals surface area (Å²) in [6.45, 7) is 21.3. The van der Waals surface area contributed by atoms with Gasteiger partial charge in [0.15, 0.2) is 0 Å². The minimum Gasteiger partial charge on any atom is -0.0850 e. The molecule has 0 amide bonds. The highest BCUT2D eigenvalue weighted by molar-refractivity contribution is 5.25. The normalized spacial score (nSPS) is 57.3. The first-order chi connectivity index (χ1) is 13.8. The van der Waals surface area contributed by atoms with E-state index in [4.69, 9.17) is 0 Å². The van der Waals surface area contributed by atoms with Crippen LogP contribution >= 0.6 is 0 Å². The highest BCUT2D eigenvalue weighted by Gasteiger charge is 2.70. The Bertz CT molecular complexity index is 758. The molecule has 0 bridgehead atoms. The van der Waals surface area contributed by atoms with E-state index in [1.165, 1.54) is 70.6 Å². The Morgan fingerprint density at radius 3 is 2.03 bits per heavy atom. The predicted molar refractivity (Wildman–Crippen MR) is 129 cm³/mol. The minimum absolute atomic E-state index is 0.476. The van der Waals surface area contributed by atoms with Gasteiger partial charge in [0.05, 0.1) is 0 Å². The molecular weight excluding hydrogens is 360 g/mol. The minimum atomic E-state index is 0.476. The molecule has 0 aromatic heterocycles. The van der Waals surface area contributed by atoms with Crippen molar-refractivity contribution in [1.82, 2.24) is 0 Å². The summed E-state index contributed by atoms with van der Waals surface area (Å²) in [5, 5.41) is 0. The van der Waals surface area contributed by atoms with Crippen LogP contribution in [0.3, 0.4) is 0 Å². The Kier molecular flexibility index (Phi) is 4.46. The first-order valence-electron chi connectivity index (χ1n) is 13.5. The summed E-state index contributed by atoms with van der Waals surface area (Å²) in [6, 6.07) is 0. The monoisotopic (exact) mass is 410 g/mol. The van der Waals surface area contributed by atoms with Gasteiger partial charge in [-0.05, 0) is 128 Å². The van der Waals surface area contributed by atoms with E-state index in [2.05, 4.69) is 61.5 Å². The number of fused-ring (bicyclic) bond motifs is 7. The van der Waals surface area contributed by atoms with E-state index in [0.717, 1.165) is 17.8 Å². The number of hydrogen-bond acceptors (Lipinski definition) is 0. The van der Waals surface area contributed by atoms with Crippen molar-refractivity contribution in [2.45, 2.75) is 126 Å². The van der Waals surface area contributed by atoms with Crippen LogP contribution in [-0.2, 0) is 0 Å². The summed E-state index contributed by atoms with van der Waals surface area (Å²) >= 11 is 0. The molecule has 0 spiro atoms. The van der Waals surface area contributed by atoms with Crippen molar-refractivity contribution in [2.75, 3.05) is 0 Å². The van der Waals surface area contributed by atoms with Crippen molar-refractivity contribution >= 4 is 0 Å². The van der Waals surface area contributed by atoms with Crippen LogP contribution in [0.4, 0.5) is 0 Å². The highest BCUT2D eigenvalue weighted by Crippen LogP contribution is 2.78. The highest BCUT2D eigenvalue weighted by atomic mass is 14.7. The average molecular weight is 411 g/mol. The maximum Gasteiger partial charge on any atom is -0.00854 e. The van der Waals surface area contributed by atoms with Crippen molar-refractivity contribution < 1.29 is 0 Å². The summed E-state index contributed by atoms with van der Waals surface area (Å²) in [6.07, 6.45) is 18.6. The van der Waals surface area contributed by atoms with Crippen molar-refractivity contribution in [2.24, 2.45) is 50.2 Å². The van der Waals surface area contributed by atoms with Crippen LogP contribution < -0.4 is 0 Å². The van der Waals surface area contributed by atoms with Crippen molar-refractivity contribution in [1.29, 1.82) is 0 Å². The summed E-state index contributed by atoms with van der Waals surface area (Å²) in [5.74, 6) is 2.77.